The molecule has 2 aromatic rings. The average molecular weight is 487 g/mol. The van der Waals surface area contributed by atoms with E-state index < -0.39 is 47.0 Å². The Morgan fingerprint density at radius 2 is 1.86 bits per heavy atom. The Bertz CT molecular complexity index is 1220. The molecule has 1 aromatic heterocycles. The van der Waals surface area contributed by atoms with Crippen molar-refractivity contribution < 1.29 is 32.6 Å². The molecule has 184 valence electrons. The number of hydrogen-bond donors (Lipinski definition) is 2. The molecule has 4 amide bonds. The molecule has 35 heavy (non-hydrogen) atoms. The number of carbonyl (C=O) groups is 3. The van der Waals surface area contributed by atoms with Crippen molar-refractivity contribution in [3.8, 4) is 17.1 Å². The van der Waals surface area contributed by atoms with Crippen molar-refractivity contribution in [3.63, 3.8) is 0 Å². The third kappa shape index (κ3) is 3.42. The maximum Gasteiger partial charge on any atom is 0.328 e. The Labute approximate surface area is 199 Å². The SMILES string of the molecule is CCOc1cnc(-c2cc3c(c(F)c2F)N2C[C@@H](C)O[C@@H](C)[C@@H]2C2(C3)C(=O)NC(=O)NC2=O)cn1. The Hall–Kier alpha value is -3.67. The van der Waals surface area contributed by atoms with Crippen LogP contribution in [0.2, 0.25) is 0 Å². The summed E-state index contributed by atoms with van der Waals surface area (Å²) in [6.45, 7) is 5.67. The number of carbonyl (C=O) groups excluding carboxylic acids is 3. The molecule has 2 saturated heterocycles. The number of hydrogen-bond acceptors (Lipinski definition) is 8. The van der Waals surface area contributed by atoms with Crippen LogP contribution in [0.5, 0.6) is 5.88 Å². The lowest BCUT2D eigenvalue weighted by atomic mass is 9.66. The van der Waals surface area contributed by atoms with Gasteiger partial charge in [0.2, 0.25) is 17.7 Å². The quantitative estimate of drug-likeness (QED) is 0.628. The van der Waals surface area contributed by atoms with Gasteiger partial charge in [-0.3, -0.25) is 20.2 Å². The van der Waals surface area contributed by atoms with Crippen LogP contribution in [0.1, 0.15) is 26.3 Å². The summed E-state index contributed by atoms with van der Waals surface area (Å²) >= 11 is 0. The Morgan fingerprint density at radius 1 is 1.14 bits per heavy atom. The van der Waals surface area contributed by atoms with Gasteiger partial charge in [-0.2, -0.15) is 0 Å². The van der Waals surface area contributed by atoms with E-state index in [-0.39, 0.29) is 47.5 Å². The van der Waals surface area contributed by atoms with Crippen molar-refractivity contribution in [3.05, 3.63) is 35.7 Å². The zero-order valence-corrected chi connectivity index (χ0v) is 19.2. The third-order valence-electron chi connectivity index (χ3n) is 6.66. The van der Waals surface area contributed by atoms with Gasteiger partial charge in [-0.25, -0.2) is 23.5 Å². The first-order valence-corrected chi connectivity index (χ1v) is 11.2. The standard InChI is InChI=1S/C23H23F2N5O5/c1-4-34-15-8-26-14(7-27-15)13-5-12-6-23(20(31)28-22(33)29-21(23)32)19-11(3)35-10(2)9-30(19)18(12)17(25)16(13)24/h5,7-8,10-11,19H,4,6,9H2,1-3H3,(H2,28,29,31,32,33)/t10-,11+,19-/m1/s1. The van der Waals surface area contributed by atoms with Crippen molar-refractivity contribution in [1.29, 1.82) is 0 Å². The molecule has 2 fully saturated rings. The van der Waals surface area contributed by atoms with E-state index >= 15 is 8.78 Å². The second-order valence-corrected chi connectivity index (χ2v) is 8.87. The maximum absolute atomic E-state index is 15.7. The highest BCUT2D eigenvalue weighted by atomic mass is 19.2. The number of barbiturate groups is 1. The molecule has 1 aromatic carbocycles. The minimum atomic E-state index is -1.80. The molecule has 3 atom stereocenters. The molecule has 2 N–H and O–H groups in total. The van der Waals surface area contributed by atoms with Gasteiger partial charge < -0.3 is 14.4 Å². The number of imide groups is 2. The molecular weight excluding hydrogens is 464 g/mol. The fraction of sp³-hybridized carbons (Fsp3) is 0.435. The number of nitrogens with zero attached hydrogens (tertiary/aromatic N) is 3. The lowest BCUT2D eigenvalue weighted by Gasteiger charge is -2.55. The molecule has 3 aliphatic heterocycles. The van der Waals surface area contributed by atoms with E-state index in [0.717, 1.165) is 0 Å². The minimum absolute atomic E-state index is 0.0414. The van der Waals surface area contributed by atoms with E-state index in [9.17, 15) is 14.4 Å². The monoisotopic (exact) mass is 487 g/mol. The summed E-state index contributed by atoms with van der Waals surface area (Å²) in [5, 5.41) is 4.32. The topological polar surface area (TPSA) is 123 Å². The summed E-state index contributed by atoms with van der Waals surface area (Å²) in [6.07, 6.45) is 1.20. The highest BCUT2D eigenvalue weighted by molar-refractivity contribution is 6.20. The number of nitrogens with one attached hydrogen (secondary N) is 2. The summed E-state index contributed by atoms with van der Waals surface area (Å²) in [6, 6.07) is -0.529. The molecule has 10 nitrogen and oxygen atoms in total. The van der Waals surface area contributed by atoms with Gasteiger partial charge >= 0.3 is 6.03 Å². The summed E-state index contributed by atoms with van der Waals surface area (Å²) in [7, 11) is 0. The molecule has 0 saturated carbocycles. The van der Waals surface area contributed by atoms with Crippen LogP contribution >= 0.6 is 0 Å². The van der Waals surface area contributed by atoms with Crippen LogP contribution in [0.4, 0.5) is 19.3 Å². The second-order valence-electron chi connectivity index (χ2n) is 8.87. The van der Waals surface area contributed by atoms with Crippen molar-refractivity contribution in [2.45, 2.75) is 45.4 Å². The van der Waals surface area contributed by atoms with Crippen LogP contribution in [0.3, 0.4) is 0 Å². The molecule has 3 aliphatic rings. The minimum Gasteiger partial charge on any atom is -0.477 e. The van der Waals surface area contributed by atoms with Crippen LogP contribution in [0.15, 0.2) is 18.5 Å². The van der Waals surface area contributed by atoms with Gasteiger partial charge in [0.1, 0.15) is 0 Å². The zero-order chi connectivity index (χ0) is 25.1. The highest BCUT2D eigenvalue weighted by Gasteiger charge is 2.63. The second kappa shape index (κ2) is 8.22. The van der Waals surface area contributed by atoms with Gasteiger partial charge in [-0.15, -0.1) is 0 Å². The van der Waals surface area contributed by atoms with Crippen LogP contribution in [-0.2, 0) is 20.7 Å². The number of ether oxygens (including phenoxy) is 2. The normalized spacial score (nSPS) is 25.0. The maximum atomic E-state index is 15.7. The molecule has 0 unspecified atom stereocenters. The van der Waals surface area contributed by atoms with Crippen molar-refractivity contribution in [1.82, 2.24) is 20.6 Å². The molecule has 0 bridgehead atoms. The molecule has 0 aliphatic carbocycles. The summed E-state index contributed by atoms with van der Waals surface area (Å²) in [4.78, 5) is 47.9. The largest absolute Gasteiger partial charge is 0.477 e. The highest BCUT2D eigenvalue weighted by Crippen LogP contribution is 2.49. The van der Waals surface area contributed by atoms with Crippen LogP contribution < -0.4 is 20.3 Å². The zero-order valence-electron chi connectivity index (χ0n) is 19.2. The third-order valence-corrected chi connectivity index (χ3v) is 6.66. The van der Waals surface area contributed by atoms with Crippen LogP contribution in [0.25, 0.3) is 11.3 Å². The fourth-order valence-electron chi connectivity index (χ4n) is 5.40. The average Bonchev–Trinajstić information content (AvgIpc) is 2.80. The van der Waals surface area contributed by atoms with Gasteiger partial charge in [0.15, 0.2) is 17.0 Å². The summed E-state index contributed by atoms with van der Waals surface area (Å²) < 4.78 is 42.2. The smallest absolute Gasteiger partial charge is 0.328 e. The van der Waals surface area contributed by atoms with Crippen molar-refractivity contribution >= 4 is 23.5 Å². The number of anilines is 1. The molecule has 12 heteroatoms. The molecule has 4 heterocycles. The van der Waals surface area contributed by atoms with Gasteiger partial charge in [0, 0.05) is 18.5 Å². The van der Waals surface area contributed by atoms with Gasteiger partial charge in [-0.1, -0.05) is 0 Å². The summed E-state index contributed by atoms with van der Waals surface area (Å²) in [5.41, 5.74) is -1.73. The lowest BCUT2D eigenvalue weighted by molar-refractivity contribution is -0.153. The number of aromatic nitrogens is 2. The Morgan fingerprint density at radius 3 is 2.49 bits per heavy atom. The number of urea groups is 1. The van der Waals surface area contributed by atoms with E-state index in [1.54, 1.807) is 20.8 Å². The van der Waals surface area contributed by atoms with E-state index in [0.29, 0.717) is 6.61 Å². The predicted octanol–water partition coefficient (Wildman–Crippen LogP) is 1.71. The van der Waals surface area contributed by atoms with Crippen molar-refractivity contribution in [2.75, 3.05) is 18.1 Å². The lowest BCUT2D eigenvalue weighted by Crippen LogP contribution is -2.75. The molecule has 0 radical (unpaired) electrons. The van der Waals surface area contributed by atoms with Crippen molar-refractivity contribution in [2.24, 2.45) is 5.41 Å². The van der Waals surface area contributed by atoms with Crippen LogP contribution in [0, 0.1) is 17.0 Å². The molecular formula is C23H23F2N5O5. The number of morpholine rings is 1. The van der Waals surface area contributed by atoms with Crippen LogP contribution in [-0.4, -0.2) is 59.2 Å². The number of halogens is 2. The number of rotatable bonds is 3. The summed E-state index contributed by atoms with van der Waals surface area (Å²) in [5.74, 6) is -3.65. The first-order chi connectivity index (χ1) is 16.7. The number of benzene rings is 1. The Kier molecular flexibility index (Phi) is 5.42. The van der Waals surface area contributed by atoms with Gasteiger partial charge in [0.25, 0.3) is 0 Å². The molecule has 1 spiro atoms. The van der Waals surface area contributed by atoms with E-state index in [1.807, 2.05) is 0 Å². The van der Waals surface area contributed by atoms with E-state index in [2.05, 4.69) is 20.6 Å². The van der Waals surface area contributed by atoms with E-state index in [4.69, 9.17) is 9.47 Å². The first kappa shape index (κ1) is 23.1. The number of fused-ring (bicyclic) bond motifs is 4. The van der Waals surface area contributed by atoms with Gasteiger partial charge in [-0.05, 0) is 32.4 Å². The Balaban J connectivity index is 1.69. The molecule has 5 rings (SSSR count). The van der Waals surface area contributed by atoms with Gasteiger partial charge in [0.05, 0.1) is 48.6 Å². The predicted molar refractivity (Wildman–Crippen MR) is 118 cm³/mol. The fourth-order valence-corrected chi connectivity index (χ4v) is 5.40. The van der Waals surface area contributed by atoms with E-state index in [1.165, 1.54) is 23.4 Å². The first-order valence-electron chi connectivity index (χ1n) is 11.2. The number of amides is 4.